The number of aromatic nitrogens is 1. The molecule has 3 rings (SSSR count). The standard InChI is InChI=1S/C18H22FN3S/c1-21-12-7-11-16(21)17-10-3-2-6-13-22(17)18(23)20-15-9-5-4-8-14(15)19/h4-5,7-9,11-12,17H,2-3,6,10,13H2,1H3,(H,20,23)/t17-/m1/s1. The van der Waals surface area contributed by atoms with E-state index in [0.29, 0.717) is 10.8 Å². The summed E-state index contributed by atoms with van der Waals surface area (Å²) in [7, 11) is 2.06. The van der Waals surface area contributed by atoms with Crippen LogP contribution in [0.5, 0.6) is 0 Å². The zero-order chi connectivity index (χ0) is 16.2. The fraction of sp³-hybridized carbons (Fsp3) is 0.389. The lowest BCUT2D eigenvalue weighted by Gasteiger charge is -2.33. The molecule has 0 spiro atoms. The van der Waals surface area contributed by atoms with E-state index in [4.69, 9.17) is 12.2 Å². The van der Waals surface area contributed by atoms with Gasteiger partial charge in [0.05, 0.1) is 11.7 Å². The number of nitrogens with zero attached hydrogens (tertiary/aromatic N) is 2. The number of halogens is 1. The molecule has 2 heterocycles. The number of para-hydroxylation sites is 1. The second kappa shape index (κ2) is 7.13. The highest BCUT2D eigenvalue weighted by molar-refractivity contribution is 7.80. The molecule has 0 aliphatic carbocycles. The fourth-order valence-electron chi connectivity index (χ4n) is 3.23. The van der Waals surface area contributed by atoms with Crippen molar-refractivity contribution in [2.45, 2.75) is 31.7 Å². The lowest BCUT2D eigenvalue weighted by Crippen LogP contribution is -2.38. The molecule has 1 aliphatic rings. The van der Waals surface area contributed by atoms with Crippen molar-refractivity contribution < 1.29 is 4.39 Å². The van der Waals surface area contributed by atoms with Gasteiger partial charge in [-0.15, -0.1) is 0 Å². The molecule has 1 atom stereocenters. The Morgan fingerprint density at radius 3 is 2.74 bits per heavy atom. The van der Waals surface area contributed by atoms with Crippen molar-refractivity contribution in [3.63, 3.8) is 0 Å². The summed E-state index contributed by atoms with van der Waals surface area (Å²) in [5, 5.41) is 3.69. The average Bonchev–Trinajstić information content (AvgIpc) is 2.82. The lowest BCUT2D eigenvalue weighted by molar-refractivity contribution is 0.314. The Labute approximate surface area is 142 Å². The molecule has 1 aromatic heterocycles. The molecule has 1 N–H and O–H groups in total. The van der Waals surface area contributed by atoms with Gasteiger partial charge >= 0.3 is 0 Å². The Morgan fingerprint density at radius 2 is 2.00 bits per heavy atom. The minimum atomic E-state index is -0.278. The third-order valence-corrected chi connectivity index (χ3v) is 4.79. The highest BCUT2D eigenvalue weighted by Gasteiger charge is 2.26. The van der Waals surface area contributed by atoms with E-state index in [1.165, 1.54) is 24.6 Å². The maximum atomic E-state index is 13.9. The van der Waals surface area contributed by atoms with E-state index in [0.717, 1.165) is 19.4 Å². The highest BCUT2D eigenvalue weighted by Crippen LogP contribution is 2.31. The summed E-state index contributed by atoms with van der Waals surface area (Å²) < 4.78 is 16.0. The molecule has 1 aromatic carbocycles. The number of hydrogen-bond acceptors (Lipinski definition) is 1. The van der Waals surface area contributed by atoms with Crippen molar-refractivity contribution in [2.24, 2.45) is 7.05 Å². The van der Waals surface area contributed by atoms with Gasteiger partial charge in [0, 0.05) is 25.5 Å². The van der Waals surface area contributed by atoms with E-state index < -0.39 is 0 Å². The molecule has 2 aromatic rings. The van der Waals surface area contributed by atoms with Crippen molar-refractivity contribution in [3.8, 4) is 0 Å². The smallest absolute Gasteiger partial charge is 0.174 e. The van der Waals surface area contributed by atoms with Gasteiger partial charge in [-0.25, -0.2) is 4.39 Å². The van der Waals surface area contributed by atoms with E-state index >= 15 is 0 Å². The van der Waals surface area contributed by atoms with Crippen LogP contribution < -0.4 is 5.32 Å². The van der Waals surface area contributed by atoms with E-state index in [2.05, 4.69) is 40.2 Å². The van der Waals surface area contributed by atoms with Crippen LogP contribution >= 0.6 is 12.2 Å². The monoisotopic (exact) mass is 331 g/mol. The van der Waals surface area contributed by atoms with Gasteiger partial charge in [-0.1, -0.05) is 25.0 Å². The van der Waals surface area contributed by atoms with Gasteiger partial charge in [0.1, 0.15) is 5.82 Å². The summed E-state index contributed by atoms with van der Waals surface area (Å²) in [4.78, 5) is 2.21. The van der Waals surface area contributed by atoms with Crippen molar-refractivity contribution in [2.75, 3.05) is 11.9 Å². The first-order valence-electron chi connectivity index (χ1n) is 8.10. The number of anilines is 1. The Balaban J connectivity index is 1.83. The van der Waals surface area contributed by atoms with E-state index in [9.17, 15) is 4.39 Å². The van der Waals surface area contributed by atoms with Gasteiger partial charge in [-0.3, -0.25) is 0 Å². The Morgan fingerprint density at radius 1 is 1.17 bits per heavy atom. The number of likely N-dealkylation sites (tertiary alicyclic amines) is 1. The Bertz CT molecular complexity index is 682. The molecule has 0 amide bonds. The predicted octanol–water partition coefficient (Wildman–Crippen LogP) is 4.48. The fourth-order valence-corrected chi connectivity index (χ4v) is 3.56. The predicted molar refractivity (Wildman–Crippen MR) is 95.9 cm³/mol. The maximum absolute atomic E-state index is 13.9. The molecular formula is C18H22FN3S. The second-order valence-corrected chi connectivity index (χ2v) is 6.40. The van der Waals surface area contributed by atoms with Crippen molar-refractivity contribution in [1.29, 1.82) is 0 Å². The third kappa shape index (κ3) is 3.55. The number of rotatable bonds is 2. The zero-order valence-electron chi connectivity index (χ0n) is 13.3. The normalized spacial score (nSPS) is 18.5. The minimum absolute atomic E-state index is 0.240. The first-order chi connectivity index (χ1) is 11.2. The van der Waals surface area contributed by atoms with E-state index in [1.54, 1.807) is 12.1 Å². The Hall–Kier alpha value is -1.88. The van der Waals surface area contributed by atoms with Gasteiger partial charge in [0.15, 0.2) is 5.11 Å². The molecular weight excluding hydrogens is 309 g/mol. The SMILES string of the molecule is Cn1cccc1[C@H]1CCCCCN1C(=S)Nc1ccccc1F. The van der Waals surface area contributed by atoms with Crippen LogP contribution in [0, 0.1) is 5.82 Å². The molecule has 5 heteroatoms. The van der Waals surface area contributed by atoms with Crippen molar-refractivity contribution >= 4 is 23.0 Å². The summed E-state index contributed by atoms with van der Waals surface area (Å²) in [6, 6.07) is 11.1. The average molecular weight is 331 g/mol. The summed E-state index contributed by atoms with van der Waals surface area (Å²) in [5.74, 6) is -0.278. The van der Waals surface area contributed by atoms with Crippen LogP contribution in [0.3, 0.4) is 0 Å². The summed E-state index contributed by atoms with van der Waals surface area (Å²) in [6.07, 6.45) is 6.64. The summed E-state index contributed by atoms with van der Waals surface area (Å²) in [6.45, 7) is 0.899. The van der Waals surface area contributed by atoms with Gasteiger partial charge < -0.3 is 14.8 Å². The first kappa shape index (κ1) is 16.0. The van der Waals surface area contributed by atoms with Crippen LogP contribution in [0.1, 0.15) is 37.4 Å². The first-order valence-corrected chi connectivity index (χ1v) is 8.51. The minimum Gasteiger partial charge on any atom is -0.353 e. The topological polar surface area (TPSA) is 20.2 Å². The Kier molecular flexibility index (Phi) is 4.96. The molecule has 122 valence electrons. The number of nitrogens with one attached hydrogen (secondary N) is 1. The molecule has 23 heavy (non-hydrogen) atoms. The molecule has 0 saturated carbocycles. The third-order valence-electron chi connectivity index (χ3n) is 4.45. The van der Waals surface area contributed by atoms with Crippen LogP contribution in [0.4, 0.5) is 10.1 Å². The molecule has 0 bridgehead atoms. The molecule has 0 unspecified atom stereocenters. The largest absolute Gasteiger partial charge is 0.353 e. The maximum Gasteiger partial charge on any atom is 0.174 e. The molecule has 1 saturated heterocycles. The van der Waals surface area contributed by atoms with Crippen LogP contribution in [0.2, 0.25) is 0 Å². The van der Waals surface area contributed by atoms with Crippen molar-refractivity contribution in [1.82, 2.24) is 9.47 Å². The summed E-state index contributed by atoms with van der Waals surface area (Å²) >= 11 is 5.61. The second-order valence-electron chi connectivity index (χ2n) is 6.01. The quantitative estimate of drug-likeness (QED) is 0.820. The van der Waals surface area contributed by atoms with Gasteiger partial charge in [0.2, 0.25) is 0 Å². The number of thiocarbonyl (C=S) groups is 1. The number of benzene rings is 1. The number of aryl methyl sites for hydroxylation is 1. The van der Waals surface area contributed by atoms with Crippen LogP contribution in [0.25, 0.3) is 0 Å². The van der Waals surface area contributed by atoms with Crippen molar-refractivity contribution in [3.05, 3.63) is 54.1 Å². The van der Waals surface area contributed by atoms with E-state index in [-0.39, 0.29) is 11.9 Å². The molecule has 3 nitrogen and oxygen atoms in total. The van der Waals surface area contributed by atoms with Crippen LogP contribution in [-0.2, 0) is 7.05 Å². The molecule has 0 radical (unpaired) electrons. The highest BCUT2D eigenvalue weighted by atomic mass is 32.1. The van der Waals surface area contributed by atoms with Gasteiger partial charge in [-0.2, -0.15) is 0 Å². The van der Waals surface area contributed by atoms with Gasteiger partial charge in [0.25, 0.3) is 0 Å². The van der Waals surface area contributed by atoms with Gasteiger partial charge in [-0.05, 0) is 49.3 Å². The molecule has 1 aliphatic heterocycles. The molecule has 1 fully saturated rings. The van der Waals surface area contributed by atoms with E-state index in [1.807, 2.05) is 6.07 Å². The van der Waals surface area contributed by atoms with Crippen LogP contribution in [0.15, 0.2) is 42.6 Å². The van der Waals surface area contributed by atoms with Crippen LogP contribution in [-0.4, -0.2) is 21.1 Å². The lowest BCUT2D eigenvalue weighted by atomic mass is 10.1. The summed E-state index contributed by atoms with van der Waals surface area (Å²) in [5.41, 5.74) is 1.69. The zero-order valence-corrected chi connectivity index (χ0v) is 14.2. The number of hydrogen-bond donors (Lipinski definition) is 1.